The molecule has 0 amide bonds. The van der Waals surface area contributed by atoms with Crippen molar-refractivity contribution in [1.29, 1.82) is 0 Å². The maximum absolute atomic E-state index is 10.3. The van der Waals surface area contributed by atoms with Gasteiger partial charge in [-0.25, -0.2) is 4.79 Å². The van der Waals surface area contributed by atoms with Gasteiger partial charge in [-0.05, 0) is 30.5 Å². The zero-order valence-electron chi connectivity index (χ0n) is 10.2. The first-order chi connectivity index (χ1) is 8.11. The second-order valence-corrected chi connectivity index (χ2v) is 3.94. The van der Waals surface area contributed by atoms with Crippen molar-refractivity contribution >= 4 is 12.0 Å². The van der Waals surface area contributed by atoms with E-state index in [-0.39, 0.29) is 6.10 Å². The van der Waals surface area contributed by atoms with Gasteiger partial charge in [0.15, 0.2) is 0 Å². The second-order valence-electron chi connectivity index (χ2n) is 3.94. The zero-order valence-corrected chi connectivity index (χ0v) is 10.2. The maximum Gasteiger partial charge on any atom is 0.328 e. The van der Waals surface area contributed by atoms with Crippen molar-refractivity contribution < 1.29 is 14.6 Å². The molecule has 1 aromatic carbocycles. The highest BCUT2D eigenvalue weighted by atomic mass is 16.5. The average Bonchev–Trinajstić information content (AvgIpc) is 2.34. The lowest BCUT2D eigenvalue weighted by Gasteiger charge is -2.10. The molecule has 0 heterocycles. The number of ether oxygens (including phenoxy) is 1. The summed E-state index contributed by atoms with van der Waals surface area (Å²) in [6.45, 7) is 4.73. The Kier molecular flexibility index (Phi) is 5.43. The lowest BCUT2D eigenvalue weighted by Crippen LogP contribution is -2.05. The van der Waals surface area contributed by atoms with E-state index < -0.39 is 5.97 Å². The van der Waals surface area contributed by atoms with Crippen LogP contribution in [0.1, 0.15) is 31.4 Å². The van der Waals surface area contributed by atoms with Gasteiger partial charge in [0.1, 0.15) is 0 Å². The summed E-state index contributed by atoms with van der Waals surface area (Å²) in [6, 6.07) is 7.66. The molecule has 0 aliphatic heterocycles. The summed E-state index contributed by atoms with van der Waals surface area (Å²) in [5.41, 5.74) is 1.97. The Morgan fingerprint density at radius 2 is 2.06 bits per heavy atom. The van der Waals surface area contributed by atoms with Crippen LogP contribution in [0, 0.1) is 0 Å². The number of rotatable bonds is 6. The van der Waals surface area contributed by atoms with Crippen molar-refractivity contribution in [3.8, 4) is 0 Å². The van der Waals surface area contributed by atoms with Crippen LogP contribution in [-0.4, -0.2) is 17.2 Å². The van der Waals surface area contributed by atoms with Crippen LogP contribution in [0.15, 0.2) is 30.3 Å². The molecule has 1 aromatic rings. The van der Waals surface area contributed by atoms with Gasteiger partial charge in [0, 0.05) is 6.08 Å². The lowest BCUT2D eigenvalue weighted by molar-refractivity contribution is -0.131. The van der Waals surface area contributed by atoms with Gasteiger partial charge in [-0.1, -0.05) is 31.2 Å². The number of hydrogen-bond acceptors (Lipinski definition) is 2. The first kappa shape index (κ1) is 13.5. The fourth-order valence-electron chi connectivity index (χ4n) is 1.25. The average molecular weight is 234 g/mol. The molecule has 0 saturated carbocycles. The van der Waals surface area contributed by atoms with Crippen LogP contribution in [-0.2, 0) is 16.1 Å². The van der Waals surface area contributed by atoms with Crippen LogP contribution in [0.5, 0.6) is 0 Å². The van der Waals surface area contributed by atoms with Crippen molar-refractivity contribution in [3.63, 3.8) is 0 Å². The molecule has 0 aromatic heterocycles. The molecular formula is C14H18O3. The van der Waals surface area contributed by atoms with Gasteiger partial charge in [-0.2, -0.15) is 0 Å². The standard InChI is InChI=1S/C14H18O3/c1-3-11(2)17-10-13-6-4-12(5-7-13)8-9-14(15)16/h4-9,11H,3,10H2,1-2H3,(H,15,16). The molecule has 0 spiro atoms. The van der Waals surface area contributed by atoms with Crippen LogP contribution < -0.4 is 0 Å². The van der Waals surface area contributed by atoms with Gasteiger partial charge in [0.25, 0.3) is 0 Å². The van der Waals surface area contributed by atoms with Crippen LogP contribution in [0.25, 0.3) is 6.08 Å². The summed E-state index contributed by atoms with van der Waals surface area (Å²) in [7, 11) is 0. The van der Waals surface area contributed by atoms with Crippen molar-refractivity contribution in [2.24, 2.45) is 0 Å². The van der Waals surface area contributed by atoms with E-state index in [1.807, 2.05) is 31.2 Å². The van der Waals surface area contributed by atoms with Gasteiger partial charge in [-0.3, -0.25) is 0 Å². The first-order valence-electron chi connectivity index (χ1n) is 5.73. The van der Waals surface area contributed by atoms with E-state index in [0.29, 0.717) is 6.61 Å². The third-order valence-corrected chi connectivity index (χ3v) is 2.51. The van der Waals surface area contributed by atoms with Crippen molar-refractivity contribution in [3.05, 3.63) is 41.5 Å². The number of carboxylic acids is 1. The minimum atomic E-state index is -0.936. The minimum Gasteiger partial charge on any atom is -0.478 e. The van der Waals surface area contributed by atoms with Crippen molar-refractivity contribution in [2.45, 2.75) is 33.0 Å². The fourth-order valence-corrected chi connectivity index (χ4v) is 1.25. The van der Waals surface area contributed by atoms with Gasteiger partial charge < -0.3 is 9.84 Å². The van der Waals surface area contributed by atoms with E-state index in [1.165, 1.54) is 0 Å². The molecule has 3 nitrogen and oxygen atoms in total. The molecule has 0 radical (unpaired) electrons. The number of carbonyl (C=O) groups is 1. The van der Waals surface area contributed by atoms with Crippen LogP contribution in [0.3, 0.4) is 0 Å². The zero-order chi connectivity index (χ0) is 12.7. The molecular weight excluding hydrogens is 216 g/mol. The Bertz CT molecular complexity index is 379. The predicted molar refractivity (Wildman–Crippen MR) is 67.7 cm³/mol. The van der Waals surface area contributed by atoms with E-state index in [9.17, 15) is 4.79 Å². The molecule has 17 heavy (non-hydrogen) atoms. The highest BCUT2D eigenvalue weighted by molar-refractivity contribution is 5.85. The van der Waals surface area contributed by atoms with Crippen LogP contribution in [0.4, 0.5) is 0 Å². The molecule has 0 saturated heterocycles. The summed E-state index contributed by atoms with van der Waals surface area (Å²) in [4.78, 5) is 10.3. The highest BCUT2D eigenvalue weighted by Gasteiger charge is 1.99. The third kappa shape index (κ3) is 5.31. The Morgan fingerprint density at radius 3 is 2.59 bits per heavy atom. The van der Waals surface area contributed by atoms with E-state index in [4.69, 9.17) is 9.84 Å². The Hall–Kier alpha value is -1.61. The second kappa shape index (κ2) is 6.86. The third-order valence-electron chi connectivity index (χ3n) is 2.51. The van der Waals surface area contributed by atoms with E-state index in [0.717, 1.165) is 23.6 Å². The van der Waals surface area contributed by atoms with Gasteiger partial charge in [0.2, 0.25) is 0 Å². The number of benzene rings is 1. The van der Waals surface area contributed by atoms with Crippen molar-refractivity contribution in [1.82, 2.24) is 0 Å². The molecule has 3 heteroatoms. The molecule has 1 atom stereocenters. The summed E-state index contributed by atoms with van der Waals surface area (Å²) in [6.07, 6.45) is 3.97. The normalized spacial score (nSPS) is 12.8. The fraction of sp³-hybridized carbons (Fsp3) is 0.357. The molecule has 0 aliphatic carbocycles. The Labute approximate surface area is 102 Å². The predicted octanol–water partition coefficient (Wildman–Crippen LogP) is 3.10. The molecule has 1 N–H and O–H groups in total. The molecule has 0 aliphatic rings. The molecule has 92 valence electrons. The number of hydrogen-bond donors (Lipinski definition) is 1. The summed E-state index contributed by atoms with van der Waals surface area (Å²) < 4.78 is 5.60. The van der Waals surface area contributed by atoms with Gasteiger partial charge in [0.05, 0.1) is 12.7 Å². The first-order valence-corrected chi connectivity index (χ1v) is 5.73. The minimum absolute atomic E-state index is 0.265. The van der Waals surface area contributed by atoms with Crippen LogP contribution in [0.2, 0.25) is 0 Å². The summed E-state index contributed by atoms with van der Waals surface area (Å²) in [5, 5.41) is 8.50. The topological polar surface area (TPSA) is 46.5 Å². The van der Waals surface area contributed by atoms with Gasteiger partial charge >= 0.3 is 5.97 Å². The SMILES string of the molecule is CCC(C)OCc1ccc(C=CC(=O)O)cc1. The van der Waals surface area contributed by atoms with Crippen molar-refractivity contribution in [2.75, 3.05) is 0 Å². The quantitative estimate of drug-likeness (QED) is 0.769. The molecule has 0 bridgehead atoms. The van der Waals surface area contributed by atoms with Crippen LogP contribution >= 0.6 is 0 Å². The van der Waals surface area contributed by atoms with E-state index in [1.54, 1.807) is 6.08 Å². The monoisotopic (exact) mass is 234 g/mol. The Balaban J connectivity index is 2.53. The van der Waals surface area contributed by atoms with E-state index >= 15 is 0 Å². The number of aliphatic carboxylic acids is 1. The lowest BCUT2D eigenvalue weighted by atomic mass is 10.1. The highest BCUT2D eigenvalue weighted by Crippen LogP contribution is 2.09. The smallest absolute Gasteiger partial charge is 0.328 e. The van der Waals surface area contributed by atoms with Gasteiger partial charge in [-0.15, -0.1) is 0 Å². The molecule has 1 rings (SSSR count). The maximum atomic E-state index is 10.3. The summed E-state index contributed by atoms with van der Waals surface area (Å²) in [5.74, 6) is -0.936. The number of carboxylic acid groups (broad SMARTS) is 1. The summed E-state index contributed by atoms with van der Waals surface area (Å²) >= 11 is 0. The van der Waals surface area contributed by atoms with E-state index in [2.05, 4.69) is 6.92 Å². The molecule has 0 fully saturated rings. The molecule has 1 unspecified atom stereocenters. The largest absolute Gasteiger partial charge is 0.478 e. The Morgan fingerprint density at radius 1 is 1.41 bits per heavy atom.